The van der Waals surface area contributed by atoms with E-state index < -0.39 is 0 Å². The third-order valence-electron chi connectivity index (χ3n) is 3.47. The molecule has 1 aromatic carbocycles. The fraction of sp³-hybridized carbons (Fsp3) is 0.467. The highest BCUT2D eigenvalue weighted by molar-refractivity contribution is 9.10. The lowest BCUT2D eigenvalue weighted by Crippen LogP contribution is -2.39. The Bertz CT molecular complexity index is 504. The topological polar surface area (TPSA) is 40.6 Å². The Morgan fingerprint density at radius 2 is 1.90 bits per heavy atom. The van der Waals surface area contributed by atoms with E-state index in [2.05, 4.69) is 15.9 Å². The predicted molar refractivity (Wildman–Crippen MR) is 81.7 cm³/mol. The molecule has 4 nitrogen and oxygen atoms in total. The van der Waals surface area contributed by atoms with Crippen molar-refractivity contribution in [3.05, 3.63) is 33.8 Å². The molecule has 0 bridgehead atoms. The summed E-state index contributed by atoms with van der Waals surface area (Å²) >= 11 is 3.39. The predicted octanol–water partition coefficient (Wildman–Crippen LogP) is 2.45. The van der Waals surface area contributed by atoms with E-state index in [1.807, 2.05) is 24.0 Å². The molecule has 20 heavy (non-hydrogen) atoms. The molecule has 1 heterocycles. The van der Waals surface area contributed by atoms with Gasteiger partial charge in [0.2, 0.25) is 5.91 Å². The molecule has 0 saturated carbocycles. The first-order valence-electron chi connectivity index (χ1n) is 6.78. The van der Waals surface area contributed by atoms with Gasteiger partial charge in [-0.3, -0.25) is 9.59 Å². The largest absolute Gasteiger partial charge is 0.341 e. The number of likely N-dealkylation sites (tertiary alicyclic amines) is 1. The third-order valence-corrected chi connectivity index (χ3v) is 3.92. The normalized spacial score (nSPS) is 14.4. The van der Waals surface area contributed by atoms with Gasteiger partial charge in [-0.2, -0.15) is 0 Å². The zero-order valence-corrected chi connectivity index (χ0v) is 13.4. The van der Waals surface area contributed by atoms with E-state index in [1.54, 1.807) is 13.1 Å². The summed E-state index contributed by atoms with van der Waals surface area (Å²) in [4.78, 5) is 27.7. The van der Waals surface area contributed by atoms with Crippen molar-refractivity contribution >= 4 is 27.7 Å². The van der Waals surface area contributed by atoms with Crippen LogP contribution in [0.25, 0.3) is 0 Å². The van der Waals surface area contributed by atoms with E-state index in [-0.39, 0.29) is 18.4 Å². The molecule has 0 unspecified atom stereocenters. The molecule has 1 aliphatic heterocycles. The average Bonchev–Trinajstić information content (AvgIpc) is 2.90. The van der Waals surface area contributed by atoms with Gasteiger partial charge in [-0.05, 0) is 43.5 Å². The minimum atomic E-state index is -0.123. The van der Waals surface area contributed by atoms with Crippen LogP contribution in [0, 0.1) is 6.92 Å². The van der Waals surface area contributed by atoms with Gasteiger partial charge in [0, 0.05) is 30.2 Å². The van der Waals surface area contributed by atoms with Crippen LogP contribution < -0.4 is 0 Å². The first-order valence-corrected chi connectivity index (χ1v) is 7.57. The number of rotatable bonds is 3. The van der Waals surface area contributed by atoms with Crippen LogP contribution in [-0.2, 0) is 4.79 Å². The van der Waals surface area contributed by atoms with Crippen molar-refractivity contribution in [3.8, 4) is 0 Å². The smallest absolute Gasteiger partial charge is 0.254 e. The van der Waals surface area contributed by atoms with Gasteiger partial charge in [0.05, 0.1) is 6.54 Å². The van der Waals surface area contributed by atoms with Gasteiger partial charge in [-0.25, -0.2) is 0 Å². The second-order valence-electron chi connectivity index (χ2n) is 5.27. The summed E-state index contributed by atoms with van der Waals surface area (Å²) in [6, 6.07) is 5.57. The highest BCUT2D eigenvalue weighted by Gasteiger charge is 2.21. The highest BCUT2D eigenvalue weighted by Crippen LogP contribution is 2.17. The van der Waals surface area contributed by atoms with Crippen LogP contribution in [0.3, 0.4) is 0 Å². The molecule has 1 aromatic rings. The molecule has 2 rings (SSSR count). The maximum atomic E-state index is 12.3. The summed E-state index contributed by atoms with van der Waals surface area (Å²) in [5.41, 5.74) is 1.62. The fourth-order valence-electron chi connectivity index (χ4n) is 2.42. The Morgan fingerprint density at radius 1 is 1.25 bits per heavy atom. The van der Waals surface area contributed by atoms with Gasteiger partial charge < -0.3 is 9.80 Å². The molecule has 0 N–H and O–H groups in total. The molecular formula is C15H19BrN2O2. The number of hydrogen-bond donors (Lipinski definition) is 0. The Hall–Kier alpha value is -1.36. The minimum Gasteiger partial charge on any atom is -0.341 e. The van der Waals surface area contributed by atoms with Crippen LogP contribution in [-0.4, -0.2) is 48.3 Å². The molecule has 5 heteroatoms. The number of benzene rings is 1. The molecule has 0 spiro atoms. The molecule has 0 radical (unpaired) electrons. The molecule has 2 amide bonds. The van der Waals surface area contributed by atoms with Crippen LogP contribution >= 0.6 is 15.9 Å². The standard InChI is InChI=1S/C15H19BrN2O2/c1-11-7-12(9-13(16)8-11)15(20)17(2)10-14(19)18-5-3-4-6-18/h7-9H,3-6,10H2,1-2H3. The highest BCUT2D eigenvalue weighted by atomic mass is 79.9. The summed E-state index contributed by atoms with van der Waals surface area (Å²) in [7, 11) is 1.67. The lowest BCUT2D eigenvalue weighted by Gasteiger charge is -2.21. The Morgan fingerprint density at radius 3 is 2.50 bits per heavy atom. The van der Waals surface area contributed by atoms with Crippen molar-refractivity contribution in [2.45, 2.75) is 19.8 Å². The van der Waals surface area contributed by atoms with Crippen molar-refractivity contribution in [2.75, 3.05) is 26.7 Å². The van der Waals surface area contributed by atoms with Gasteiger partial charge >= 0.3 is 0 Å². The van der Waals surface area contributed by atoms with E-state index in [0.717, 1.165) is 36.0 Å². The minimum absolute atomic E-state index is 0.0325. The van der Waals surface area contributed by atoms with E-state index in [9.17, 15) is 9.59 Å². The Kier molecular flexibility index (Phi) is 4.81. The maximum Gasteiger partial charge on any atom is 0.254 e. The zero-order valence-electron chi connectivity index (χ0n) is 11.9. The molecular weight excluding hydrogens is 320 g/mol. The molecule has 0 aromatic heterocycles. The van der Waals surface area contributed by atoms with Crippen molar-refractivity contribution in [2.24, 2.45) is 0 Å². The average molecular weight is 339 g/mol. The Labute approximate surface area is 127 Å². The van der Waals surface area contributed by atoms with E-state index in [4.69, 9.17) is 0 Å². The quantitative estimate of drug-likeness (QED) is 0.849. The summed E-state index contributed by atoms with van der Waals surface area (Å²) in [6.45, 7) is 3.72. The molecule has 0 atom stereocenters. The molecule has 1 saturated heterocycles. The number of carbonyl (C=O) groups is 2. The van der Waals surface area contributed by atoms with E-state index >= 15 is 0 Å². The van der Waals surface area contributed by atoms with Crippen LogP contribution in [0.2, 0.25) is 0 Å². The van der Waals surface area contributed by atoms with Crippen LogP contribution in [0.5, 0.6) is 0 Å². The lowest BCUT2D eigenvalue weighted by molar-refractivity contribution is -0.130. The molecule has 0 aliphatic carbocycles. The van der Waals surface area contributed by atoms with Crippen LogP contribution in [0.4, 0.5) is 0 Å². The Balaban J connectivity index is 2.02. The summed E-state index contributed by atoms with van der Waals surface area (Å²) in [5, 5.41) is 0. The maximum absolute atomic E-state index is 12.3. The number of halogens is 1. The van der Waals surface area contributed by atoms with Crippen molar-refractivity contribution in [1.29, 1.82) is 0 Å². The monoisotopic (exact) mass is 338 g/mol. The van der Waals surface area contributed by atoms with Crippen molar-refractivity contribution in [1.82, 2.24) is 9.80 Å². The third kappa shape index (κ3) is 3.60. The first kappa shape index (κ1) is 15.0. The van der Waals surface area contributed by atoms with Crippen LogP contribution in [0.1, 0.15) is 28.8 Å². The molecule has 108 valence electrons. The summed E-state index contributed by atoms with van der Waals surface area (Å²) in [5.74, 6) is -0.0907. The second kappa shape index (κ2) is 6.39. The van der Waals surface area contributed by atoms with E-state index in [0.29, 0.717) is 5.56 Å². The van der Waals surface area contributed by atoms with Crippen molar-refractivity contribution < 1.29 is 9.59 Å². The van der Waals surface area contributed by atoms with Crippen molar-refractivity contribution in [3.63, 3.8) is 0 Å². The van der Waals surface area contributed by atoms with Gasteiger partial charge in [-0.1, -0.05) is 15.9 Å². The van der Waals surface area contributed by atoms with Gasteiger partial charge in [0.1, 0.15) is 0 Å². The van der Waals surface area contributed by atoms with Crippen LogP contribution in [0.15, 0.2) is 22.7 Å². The number of aryl methyl sites for hydroxylation is 1. The molecule has 1 aliphatic rings. The summed E-state index contributed by atoms with van der Waals surface area (Å²) < 4.78 is 0.875. The van der Waals surface area contributed by atoms with Gasteiger partial charge in [-0.15, -0.1) is 0 Å². The second-order valence-corrected chi connectivity index (χ2v) is 6.18. The number of hydrogen-bond acceptors (Lipinski definition) is 2. The number of amides is 2. The number of likely N-dealkylation sites (N-methyl/N-ethyl adjacent to an activating group) is 1. The molecule has 1 fully saturated rings. The number of carbonyl (C=O) groups excluding carboxylic acids is 2. The zero-order chi connectivity index (χ0) is 14.7. The number of nitrogens with zero attached hydrogens (tertiary/aromatic N) is 2. The lowest BCUT2D eigenvalue weighted by atomic mass is 10.1. The van der Waals surface area contributed by atoms with E-state index in [1.165, 1.54) is 4.90 Å². The van der Waals surface area contributed by atoms with Gasteiger partial charge in [0.25, 0.3) is 5.91 Å². The first-order chi connectivity index (χ1) is 9.47. The van der Waals surface area contributed by atoms with Gasteiger partial charge in [0.15, 0.2) is 0 Å². The summed E-state index contributed by atoms with van der Waals surface area (Å²) in [6.07, 6.45) is 2.13. The SMILES string of the molecule is Cc1cc(Br)cc(C(=O)N(C)CC(=O)N2CCCC2)c1. The fourth-order valence-corrected chi connectivity index (χ4v) is 3.03.